The Balaban J connectivity index is 0.000000162. The largest absolute Gasteiger partial charge is 0.454 e. The van der Waals surface area contributed by atoms with Crippen LogP contribution < -0.4 is 24.3 Å². The number of hydrogen-bond donors (Lipinski definition) is 1. The number of carbonyl (C=O) groups is 3. The Morgan fingerprint density at radius 3 is 1.47 bits per heavy atom. The van der Waals surface area contributed by atoms with Crippen molar-refractivity contribution in [1.82, 2.24) is 49.9 Å². The highest BCUT2D eigenvalue weighted by Gasteiger charge is 2.46. The molecule has 0 atom stereocenters. The van der Waals surface area contributed by atoms with Crippen LogP contribution in [0.2, 0.25) is 0 Å². The molecule has 382 valence electrons. The molecule has 2 spiro atoms. The standard InChI is InChI=1S/C25H24F3N5O3.C14H16F3N3O2.C11H8N2O2/c26-25(27,28)19-9-21(11-29-10-19)36-23(34)33-6-4-24(5-7-33)15-32(16-24)14-18-2-1-3-20(8-18)35-22-12-30-17-31-13-22;15-14(16,17)10-5-11(7-18-6-10)22-12(21)20-3-1-13(2-4-20)8-19-9-13;14-7-9-2-1-3-10(4-9)15-11-5-12-8-13-6-11/h1-3,8-13,17H,4-7,14-16H2;5-7,19H,1-4,8-9H2;1-8H. The van der Waals surface area contributed by atoms with Crippen LogP contribution in [0, 0.1) is 10.8 Å². The SMILES string of the molecule is O=C(Oc1cncc(C(F)(F)F)c1)N1CCC2(CC1)CN(Cc1cccc(Oc3cncnc3)c1)C2.O=C(Oc1cncc(C(F)(F)F)c1)N1CCC2(CC1)CNC2.O=Cc1cccc(Oc2cncnc2)c1. The molecule has 0 unspecified atom stereocenters. The number of amides is 2. The molecule has 73 heavy (non-hydrogen) atoms. The molecule has 4 aliphatic heterocycles. The molecular formula is C50H48F6N10O7. The van der Waals surface area contributed by atoms with E-state index in [4.69, 9.17) is 18.9 Å². The summed E-state index contributed by atoms with van der Waals surface area (Å²) in [6.45, 7) is 6.69. The Morgan fingerprint density at radius 2 is 1.01 bits per heavy atom. The molecule has 6 aromatic rings. The predicted octanol–water partition coefficient (Wildman–Crippen LogP) is 9.15. The first kappa shape index (κ1) is 51.6. The van der Waals surface area contributed by atoms with Gasteiger partial charge in [-0.15, -0.1) is 0 Å². The van der Waals surface area contributed by atoms with Gasteiger partial charge in [0.25, 0.3) is 0 Å². The van der Waals surface area contributed by atoms with Gasteiger partial charge in [0.15, 0.2) is 23.0 Å². The minimum atomic E-state index is -4.55. The predicted molar refractivity (Wildman–Crippen MR) is 248 cm³/mol. The van der Waals surface area contributed by atoms with E-state index in [-0.39, 0.29) is 22.3 Å². The fraction of sp³-hybridized carbons (Fsp3) is 0.340. The molecule has 0 radical (unpaired) electrons. The number of ether oxygens (including phenoxy) is 4. The van der Waals surface area contributed by atoms with Gasteiger partial charge in [-0.3, -0.25) is 19.7 Å². The van der Waals surface area contributed by atoms with E-state index in [0.29, 0.717) is 61.4 Å². The molecule has 0 bridgehead atoms. The van der Waals surface area contributed by atoms with Gasteiger partial charge in [-0.2, -0.15) is 26.3 Å². The summed E-state index contributed by atoms with van der Waals surface area (Å²) in [7, 11) is 0. The monoisotopic (exact) mass is 1010 g/mol. The van der Waals surface area contributed by atoms with E-state index < -0.39 is 35.7 Å². The molecule has 4 aliphatic rings. The number of alkyl halides is 6. The summed E-state index contributed by atoms with van der Waals surface area (Å²) in [6.07, 6.45) is 6.66. The highest BCUT2D eigenvalue weighted by molar-refractivity contribution is 5.75. The maximum atomic E-state index is 12.9. The van der Waals surface area contributed by atoms with Crippen molar-refractivity contribution in [2.24, 2.45) is 10.8 Å². The summed E-state index contributed by atoms with van der Waals surface area (Å²) in [4.78, 5) is 63.0. The first-order valence-corrected chi connectivity index (χ1v) is 23.0. The zero-order chi connectivity index (χ0) is 51.5. The number of likely N-dealkylation sites (tertiary alicyclic amines) is 3. The van der Waals surface area contributed by atoms with Crippen LogP contribution in [0.15, 0.2) is 123 Å². The quantitative estimate of drug-likeness (QED) is 0.107. The van der Waals surface area contributed by atoms with Crippen LogP contribution in [0.1, 0.15) is 52.7 Å². The molecule has 2 aromatic carbocycles. The fourth-order valence-electron chi connectivity index (χ4n) is 8.65. The Bertz CT molecular complexity index is 2800. The average molecular weight is 1010 g/mol. The molecule has 17 nitrogen and oxygen atoms in total. The second-order valence-corrected chi connectivity index (χ2v) is 18.0. The van der Waals surface area contributed by atoms with Gasteiger partial charge in [0.2, 0.25) is 0 Å². The summed E-state index contributed by atoms with van der Waals surface area (Å²) in [5, 5.41) is 3.23. The number of nitrogens with zero attached hydrogens (tertiary/aromatic N) is 9. The third kappa shape index (κ3) is 14.2. The van der Waals surface area contributed by atoms with E-state index in [1.807, 2.05) is 18.2 Å². The van der Waals surface area contributed by atoms with Crippen LogP contribution in [-0.4, -0.2) is 115 Å². The molecule has 0 saturated carbocycles. The van der Waals surface area contributed by atoms with Gasteiger partial charge < -0.3 is 34.1 Å². The number of halogens is 6. The van der Waals surface area contributed by atoms with Crippen LogP contribution in [0.25, 0.3) is 0 Å². The zero-order valence-corrected chi connectivity index (χ0v) is 39.0. The lowest BCUT2D eigenvalue weighted by Gasteiger charge is -2.54. The Labute approximate surface area is 414 Å². The first-order chi connectivity index (χ1) is 35.0. The highest BCUT2D eigenvalue weighted by atomic mass is 19.4. The van der Waals surface area contributed by atoms with Crippen LogP contribution in [0.3, 0.4) is 0 Å². The maximum absolute atomic E-state index is 12.9. The first-order valence-electron chi connectivity index (χ1n) is 23.0. The molecule has 2 amide bonds. The van der Waals surface area contributed by atoms with Crippen LogP contribution in [-0.2, 0) is 18.9 Å². The molecule has 4 aromatic heterocycles. The molecule has 1 N–H and O–H groups in total. The van der Waals surface area contributed by atoms with E-state index >= 15 is 0 Å². The van der Waals surface area contributed by atoms with Crippen molar-refractivity contribution < 1.29 is 59.7 Å². The highest BCUT2D eigenvalue weighted by Crippen LogP contribution is 2.42. The number of aromatic nitrogens is 6. The number of carbonyl (C=O) groups excluding carboxylic acids is 3. The number of piperidine rings is 2. The van der Waals surface area contributed by atoms with Crippen LogP contribution >= 0.6 is 0 Å². The van der Waals surface area contributed by atoms with E-state index in [9.17, 15) is 40.7 Å². The lowest BCUT2D eigenvalue weighted by molar-refractivity contribution is -0.138. The minimum absolute atomic E-state index is 0.143. The molecule has 0 aliphatic carbocycles. The van der Waals surface area contributed by atoms with Crippen molar-refractivity contribution in [3.8, 4) is 34.5 Å². The molecule has 4 saturated heterocycles. The number of pyridine rings is 2. The molecule has 23 heteroatoms. The van der Waals surface area contributed by atoms with Gasteiger partial charge >= 0.3 is 24.5 Å². The van der Waals surface area contributed by atoms with Crippen molar-refractivity contribution >= 4 is 18.5 Å². The second kappa shape index (κ2) is 22.7. The van der Waals surface area contributed by atoms with Gasteiger partial charge in [0, 0.05) is 76.9 Å². The van der Waals surface area contributed by atoms with E-state index in [1.54, 1.807) is 54.0 Å². The number of nitrogens with one attached hydrogen (secondary N) is 1. The summed E-state index contributed by atoms with van der Waals surface area (Å²) in [5.74, 6) is 2.03. The van der Waals surface area contributed by atoms with Gasteiger partial charge in [-0.05, 0) is 78.5 Å². The summed E-state index contributed by atoms with van der Waals surface area (Å²) in [5.41, 5.74) is 0.250. The maximum Gasteiger partial charge on any atom is 0.418 e. The smallest absolute Gasteiger partial charge is 0.418 e. The molecule has 10 rings (SSSR count). The number of hydrogen-bond acceptors (Lipinski definition) is 15. The van der Waals surface area contributed by atoms with Crippen LogP contribution in [0.5, 0.6) is 34.5 Å². The lowest BCUT2D eigenvalue weighted by atomic mass is 9.72. The van der Waals surface area contributed by atoms with Crippen molar-refractivity contribution in [1.29, 1.82) is 0 Å². The molecule has 4 fully saturated rings. The van der Waals surface area contributed by atoms with Crippen molar-refractivity contribution in [3.05, 3.63) is 145 Å². The molecule has 8 heterocycles. The third-order valence-corrected chi connectivity index (χ3v) is 12.6. The van der Waals surface area contributed by atoms with Crippen molar-refractivity contribution in [3.63, 3.8) is 0 Å². The van der Waals surface area contributed by atoms with E-state index in [0.717, 1.165) is 101 Å². The van der Waals surface area contributed by atoms with Crippen molar-refractivity contribution in [2.45, 2.75) is 44.6 Å². The average Bonchev–Trinajstić information content (AvgIpc) is 3.36. The second-order valence-electron chi connectivity index (χ2n) is 18.0. The van der Waals surface area contributed by atoms with Crippen LogP contribution in [0.4, 0.5) is 35.9 Å². The summed E-state index contributed by atoms with van der Waals surface area (Å²) >= 11 is 0. The summed E-state index contributed by atoms with van der Waals surface area (Å²) < 4.78 is 97.8. The van der Waals surface area contributed by atoms with Gasteiger partial charge in [-0.25, -0.2) is 29.5 Å². The van der Waals surface area contributed by atoms with E-state index in [2.05, 4.69) is 46.2 Å². The number of benzene rings is 2. The van der Waals surface area contributed by atoms with Gasteiger partial charge in [0.05, 0.1) is 48.3 Å². The van der Waals surface area contributed by atoms with E-state index in [1.165, 1.54) is 17.6 Å². The minimum Gasteiger partial charge on any atom is -0.454 e. The fourth-order valence-corrected chi connectivity index (χ4v) is 8.65. The number of rotatable bonds is 9. The number of aldehydes is 1. The summed E-state index contributed by atoms with van der Waals surface area (Å²) in [6, 6.07) is 16.3. The van der Waals surface area contributed by atoms with Gasteiger partial charge in [-0.1, -0.05) is 24.3 Å². The topological polar surface area (TPSA) is 187 Å². The molecular weight excluding hydrogens is 967 g/mol. The normalized spacial score (nSPS) is 16.8. The Kier molecular flexibility index (Phi) is 16.1. The zero-order valence-electron chi connectivity index (χ0n) is 39.0. The lowest BCUT2D eigenvalue weighted by Crippen LogP contribution is -2.60. The Morgan fingerprint density at radius 1 is 0.562 bits per heavy atom. The third-order valence-electron chi connectivity index (χ3n) is 12.6. The van der Waals surface area contributed by atoms with Crippen molar-refractivity contribution in [2.75, 3.05) is 52.4 Å². The van der Waals surface area contributed by atoms with Gasteiger partial charge in [0.1, 0.15) is 30.4 Å². The Hall–Kier alpha value is -7.79.